The van der Waals surface area contributed by atoms with E-state index in [4.69, 9.17) is 0 Å². The second-order valence-corrected chi connectivity index (χ2v) is 6.01. The zero-order chi connectivity index (χ0) is 17.5. The predicted molar refractivity (Wildman–Crippen MR) is 97.4 cm³/mol. The highest BCUT2D eigenvalue weighted by molar-refractivity contribution is 6.05. The van der Waals surface area contributed by atoms with Gasteiger partial charge in [-0.05, 0) is 50.1 Å². The van der Waals surface area contributed by atoms with Gasteiger partial charge in [-0.2, -0.15) is 0 Å². The van der Waals surface area contributed by atoms with Crippen molar-refractivity contribution in [1.82, 2.24) is 5.32 Å². The lowest BCUT2D eigenvalue weighted by Crippen LogP contribution is -2.32. The lowest BCUT2D eigenvalue weighted by atomic mass is 10.1. The number of hydrogen-bond acceptors (Lipinski definition) is 2. The van der Waals surface area contributed by atoms with Crippen molar-refractivity contribution < 1.29 is 9.59 Å². The summed E-state index contributed by atoms with van der Waals surface area (Å²) < 4.78 is 0. The largest absolute Gasteiger partial charge is 0.350 e. The van der Waals surface area contributed by atoms with E-state index in [2.05, 4.69) is 17.6 Å². The van der Waals surface area contributed by atoms with Crippen LogP contribution in [0.2, 0.25) is 0 Å². The SMILES string of the molecule is CCC[C@@H](C)NC(=O)c1ccc(C)c(NC(=O)c2ccccc2)c1. The Kier molecular flexibility index (Phi) is 6.13. The fourth-order valence-electron chi connectivity index (χ4n) is 2.49. The van der Waals surface area contributed by atoms with Crippen molar-refractivity contribution in [2.24, 2.45) is 0 Å². The first-order chi connectivity index (χ1) is 11.5. The first-order valence-electron chi connectivity index (χ1n) is 8.29. The highest BCUT2D eigenvalue weighted by Crippen LogP contribution is 2.18. The number of aryl methyl sites for hydroxylation is 1. The third-order valence-electron chi connectivity index (χ3n) is 3.88. The third-order valence-corrected chi connectivity index (χ3v) is 3.88. The Labute approximate surface area is 143 Å². The van der Waals surface area contributed by atoms with Gasteiger partial charge in [-0.3, -0.25) is 9.59 Å². The molecule has 2 aromatic carbocycles. The van der Waals surface area contributed by atoms with E-state index in [1.54, 1.807) is 24.3 Å². The highest BCUT2D eigenvalue weighted by atomic mass is 16.2. The monoisotopic (exact) mass is 324 g/mol. The highest BCUT2D eigenvalue weighted by Gasteiger charge is 2.13. The quantitative estimate of drug-likeness (QED) is 0.838. The van der Waals surface area contributed by atoms with Crippen LogP contribution in [0.3, 0.4) is 0 Å². The van der Waals surface area contributed by atoms with Crippen LogP contribution in [0.5, 0.6) is 0 Å². The van der Waals surface area contributed by atoms with Crippen molar-refractivity contribution in [3.8, 4) is 0 Å². The molecular formula is C20H24N2O2. The first kappa shape index (κ1) is 17.7. The molecule has 0 aliphatic carbocycles. The summed E-state index contributed by atoms with van der Waals surface area (Å²) in [6.07, 6.45) is 1.96. The van der Waals surface area contributed by atoms with Gasteiger partial charge in [-0.15, -0.1) is 0 Å². The molecule has 2 amide bonds. The molecule has 4 heteroatoms. The number of anilines is 1. The summed E-state index contributed by atoms with van der Waals surface area (Å²) in [5.41, 5.74) is 2.70. The predicted octanol–water partition coefficient (Wildman–Crippen LogP) is 4.17. The second-order valence-electron chi connectivity index (χ2n) is 6.01. The minimum absolute atomic E-state index is 0.119. The van der Waals surface area contributed by atoms with Gasteiger partial charge in [0.15, 0.2) is 0 Å². The van der Waals surface area contributed by atoms with Crippen molar-refractivity contribution >= 4 is 17.5 Å². The molecule has 24 heavy (non-hydrogen) atoms. The average molecular weight is 324 g/mol. The first-order valence-corrected chi connectivity index (χ1v) is 8.29. The fourth-order valence-corrected chi connectivity index (χ4v) is 2.49. The van der Waals surface area contributed by atoms with E-state index in [0.29, 0.717) is 16.8 Å². The topological polar surface area (TPSA) is 58.2 Å². The van der Waals surface area contributed by atoms with E-state index in [1.165, 1.54) is 0 Å². The number of carbonyl (C=O) groups is 2. The molecule has 0 radical (unpaired) electrons. The normalized spacial score (nSPS) is 11.6. The molecule has 0 heterocycles. The minimum atomic E-state index is -0.185. The Morgan fingerprint density at radius 1 is 1.00 bits per heavy atom. The minimum Gasteiger partial charge on any atom is -0.350 e. The smallest absolute Gasteiger partial charge is 0.255 e. The van der Waals surface area contributed by atoms with Crippen LogP contribution in [-0.4, -0.2) is 17.9 Å². The Balaban J connectivity index is 2.14. The van der Waals surface area contributed by atoms with Crippen molar-refractivity contribution in [1.29, 1.82) is 0 Å². The Morgan fingerprint density at radius 3 is 2.38 bits per heavy atom. The lowest BCUT2D eigenvalue weighted by molar-refractivity contribution is 0.0937. The number of benzene rings is 2. The zero-order valence-corrected chi connectivity index (χ0v) is 14.4. The van der Waals surface area contributed by atoms with Crippen molar-refractivity contribution in [2.45, 2.75) is 39.7 Å². The summed E-state index contributed by atoms with van der Waals surface area (Å²) in [6.45, 7) is 5.99. The molecule has 0 unspecified atom stereocenters. The molecule has 2 aromatic rings. The van der Waals surface area contributed by atoms with Gasteiger partial charge >= 0.3 is 0 Å². The number of hydrogen-bond donors (Lipinski definition) is 2. The maximum atomic E-state index is 12.3. The molecule has 0 aliphatic rings. The van der Waals surface area contributed by atoms with E-state index in [0.717, 1.165) is 18.4 Å². The number of amides is 2. The van der Waals surface area contributed by atoms with Gasteiger partial charge in [-0.25, -0.2) is 0 Å². The molecule has 2 rings (SSSR count). The molecular weight excluding hydrogens is 300 g/mol. The maximum absolute atomic E-state index is 12.3. The zero-order valence-electron chi connectivity index (χ0n) is 14.4. The van der Waals surface area contributed by atoms with E-state index >= 15 is 0 Å². The second kappa shape index (κ2) is 8.29. The molecule has 0 spiro atoms. The Morgan fingerprint density at radius 2 is 1.71 bits per heavy atom. The van der Waals surface area contributed by atoms with Crippen molar-refractivity contribution in [3.63, 3.8) is 0 Å². The van der Waals surface area contributed by atoms with Crippen LogP contribution in [0.1, 0.15) is 53.0 Å². The Bertz CT molecular complexity index is 711. The van der Waals surface area contributed by atoms with Crippen LogP contribution in [0.25, 0.3) is 0 Å². The Hall–Kier alpha value is -2.62. The van der Waals surface area contributed by atoms with Crippen molar-refractivity contribution in [3.05, 3.63) is 65.2 Å². The number of rotatable bonds is 6. The van der Waals surface area contributed by atoms with Gasteiger partial charge in [0.25, 0.3) is 11.8 Å². The molecule has 1 atom stereocenters. The third kappa shape index (κ3) is 4.69. The molecule has 0 aromatic heterocycles. The van der Waals surface area contributed by atoms with E-state index in [1.807, 2.05) is 38.1 Å². The molecule has 0 bridgehead atoms. The van der Waals surface area contributed by atoms with Crippen LogP contribution in [0.15, 0.2) is 48.5 Å². The van der Waals surface area contributed by atoms with Gasteiger partial charge in [0.05, 0.1) is 0 Å². The van der Waals surface area contributed by atoms with Gasteiger partial charge in [0, 0.05) is 22.9 Å². The van der Waals surface area contributed by atoms with Crippen LogP contribution >= 0.6 is 0 Å². The molecule has 126 valence electrons. The molecule has 0 fully saturated rings. The number of carbonyl (C=O) groups excluding carboxylic acids is 2. The summed E-state index contributed by atoms with van der Waals surface area (Å²) in [4.78, 5) is 24.6. The maximum Gasteiger partial charge on any atom is 0.255 e. The van der Waals surface area contributed by atoms with Crippen LogP contribution in [-0.2, 0) is 0 Å². The van der Waals surface area contributed by atoms with E-state index in [9.17, 15) is 9.59 Å². The van der Waals surface area contributed by atoms with Crippen LogP contribution < -0.4 is 10.6 Å². The van der Waals surface area contributed by atoms with Gasteiger partial charge in [0.1, 0.15) is 0 Å². The molecule has 4 nitrogen and oxygen atoms in total. The van der Waals surface area contributed by atoms with Gasteiger partial charge in [-0.1, -0.05) is 37.6 Å². The average Bonchev–Trinajstić information content (AvgIpc) is 2.57. The summed E-state index contributed by atoms with van der Waals surface area (Å²) >= 11 is 0. The molecule has 2 N–H and O–H groups in total. The molecule has 0 saturated carbocycles. The molecule has 0 aliphatic heterocycles. The van der Waals surface area contributed by atoms with Crippen LogP contribution in [0, 0.1) is 6.92 Å². The summed E-state index contributed by atoms with van der Waals surface area (Å²) in [7, 11) is 0. The van der Waals surface area contributed by atoms with Gasteiger partial charge < -0.3 is 10.6 Å². The van der Waals surface area contributed by atoms with Gasteiger partial charge in [0.2, 0.25) is 0 Å². The van der Waals surface area contributed by atoms with Crippen molar-refractivity contribution in [2.75, 3.05) is 5.32 Å². The summed E-state index contributed by atoms with van der Waals surface area (Å²) in [5, 5.41) is 5.86. The van der Waals surface area contributed by atoms with E-state index < -0.39 is 0 Å². The standard InChI is InChI=1S/C20H24N2O2/c1-4-8-15(3)21-20(24)17-12-11-14(2)18(13-17)22-19(23)16-9-6-5-7-10-16/h5-7,9-13,15H,4,8H2,1-3H3,(H,21,24)(H,22,23)/t15-/m1/s1. The summed E-state index contributed by atoms with van der Waals surface area (Å²) in [5.74, 6) is -0.304. The summed E-state index contributed by atoms with van der Waals surface area (Å²) in [6, 6.07) is 14.5. The van der Waals surface area contributed by atoms with E-state index in [-0.39, 0.29) is 17.9 Å². The fraction of sp³-hybridized carbons (Fsp3) is 0.300. The molecule has 0 saturated heterocycles. The number of nitrogens with one attached hydrogen (secondary N) is 2. The lowest BCUT2D eigenvalue weighted by Gasteiger charge is -2.14. The van der Waals surface area contributed by atoms with Crippen LogP contribution in [0.4, 0.5) is 5.69 Å².